The van der Waals surface area contributed by atoms with Gasteiger partial charge in [0, 0.05) is 25.7 Å². The smallest absolute Gasteiger partial charge is 0.410 e. The van der Waals surface area contributed by atoms with Crippen LogP contribution in [0.5, 0.6) is 0 Å². The molecule has 13 heteroatoms. The Hall–Kier alpha value is -1.70. The Morgan fingerprint density at radius 2 is 1.52 bits per heavy atom. The third-order valence-electron chi connectivity index (χ3n) is 13.1. The molecule has 4 aliphatic rings. The zero-order valence-corrected chi connectivity index (χ0v) is 34.3. The number of fused-ring (bicyclic) bond motifs is 5. The van der Waals surface area contributed by atoms with Crippen molar-refractivity contribution in [3.8, 4) is 0 Å². The van der Waals surface area contributed by atoms with E-state index in [2.05, 4.69) is 24.5 Å². The summed E-state index contributed by atoms with van der Waals surface area (Å²) in [5, 5.41) is 6.53. The molecule has 4 aliphatic carbocycles. The Morgan fingerprint density at radius 1 is 0.885 bits per heavy atom. The van der Waals surface area contributed by atoms with Crippen molar-refractivity contribution in [2.75, 3.05) is 32.8 Å². The second-order valence-electron chi connectivity index (χ2n) is 19.0. The molecule has 0 radical (unpaired) electrons. The first-order valence-electron chi connectivity index (χ1n) is 20.0. The molecule has 0 aromatic heterocycles. The molecule has 4 unspecified atom stereocenters. The van der Waals surface area contributed by atoms with Gasteiger partial charge in [0.1, 0.15) is 17.4 Å². The van der Waals surface area contributed by atoms with E-state index < -0.39 is 33.9 Å². The first-order chi connectivity index (χ1) is 24.0. The first-order valence-corrected chi connectivity index (χ1v) is 21.3. The number of halogens is 1. The number of unbranched alkanes of at least 4 members (excludes halogenated alkanes) is 1. The summed E-state index contributed by atoms with van der Waals surface area (Å²) in [6.45, 7) is 20.1. The number of ether oxygens (including phenoxy) is 2. The fraction of sp³-hybridized carbons (Fsp3) is 0.949. The van der Waals surface area contributed by atoms with E-state index in [4.69, 9.17) is 18.2 Å². The summed E-state index contributed by atoms with van der Waals surface area (Å²) in [6.07, 6.45) is 8.24. The average Bonchev–Trinajstić information content (AvgIpc) is 3.36. The monoisotopic (exact) mass is 759 g/mol. The number of carbonyl (C=O) groups is 2. The van der Waals surface area contributed by atoms with Crippen molar-refractivity contribution in [1.29, 1.82) is 0 Å². The molecular weight excluding hydrogens is 690 g/mol. The van der Waals surface area contributed by atoms with Gasteiger partial charge >= 0.3 is 22.6 Å². The summed E-state index contributed by atoms with van der Waals surface area (Å²) in [7, 11) is -4.48. The van der Waals surface area contributed by atoms with Gasteiger partial charge in [0.25, 0.3) is 0 Å². The SMILES string of the molecule is C[C@H](COS(=O)(=O)O)C1CCC2C3C(CC[C@@]21C)[C@@]1(C)CC[C@H](NCCCN(CCCCNC(=O)OC(C)(C)C)C(=O)OC(C)(C)C)C[C@@H]1C[C@H]3F. The lowest BCUT2D eigenvalue weighted by Crippen LogP contribution is -2.58. The Balaban J connectivity index is 1.26. The van der Waals surface area contributed by atoms with E-state index in [1.54, 1.807) is 4.90 Å². The standard InChI is InChI=1S/C39H70FN3O8S/c1-26(25-49-52(46,47)48)29-13-14-30-33-31(16-18-39(29,30)9)38(8)17-15-28(23-27(38)24-32(33)40)41-20-12-22-43(35(45)51-37(5,6)7)21-11-10-19-42-34(44)50-36(2,3)4/h26-33,41H,10-25H2,1-9H3,(H,42,44)(H,46,47,48)/t26-,27-,28+,29?,30?,31?,32-,33?,38+,39-/m1/s1. The van der Waals surface area contributed by atoms with E-state index in [0.717, 1.165) is 64.3 Å². The normalized spacial score (nSPS) is 34.0. The predicted octanol–water partition coefficient (Wildman–Crippen LogP) is 7.94. The van der Waals surface area contributed by atoms with Crippen LogP contribution in [0.2, 0.25) is 0 Å². The number of amides is 2. The lowest BCUT2D eigenvalue weighted by Gasteiger charge is -2.62. The summed E-state index contributed by atoms with van der Waals surface area (Å²) in [4.78, 5) is 26.8. The Morgan fingerprint density at radius 3 is 2.17 bits per heavy atom. The molecule has 0 saturated heterocycles. The zero-order chi connectivity index (χ0) is 38.7. The molecule has 302 valence electrons. The molecule has 0 heterocycles. The van der Waals surface area contributed by atoms with E-state index in [1.807, 2.05) is 48.5 Å². The van der Waals surface area contributed by atoms with Crippen molar-refractivity contribution in [1.82, 2.24) is 15.5 Å². The fourth-order valence-electron chi connectivity index (χ4n) is 10.8. The van der Waals surface area contributed by atoms with Gasteiger partial charge in [-0.1, -0.05) is 20.8 Å². The number of hydrogen-bond acceptors (Lipinski definition) is 8. The van der Waals surface area contributed by atoms with Crippen molar-refractivity contribution in [2.45, 2.75) is 156 Å². The molecule has 0 aromatic rings. The van der Waals surface area contributed by atoms with Crippen molar-refractivity contribution >= 4 is 22.6 Å². The Bertz CT molecular complexity index is 1320. The maximum Gasteiger partial charge on any atom is 0.410 e. The van der Waals surface area contributed by atoms with Crippen molar-refractivity contribution in [2.24, 2.45) is 46.3 Å². The Labute approximate surface area is 313 Å². The second-order valence-corrected chi connectivity index (χ2v) is 20.1. The van der Waals surface area contributed by atoms with E-state index in [1.165, 1.54) is 0 Å². The third-order valence-corrected chi connectivity index (χ3v) is 13.5. The highest BCUT2D eigenvalue weighted by atomic mass is 32.3. The van der Waals surface area contributed by atoms with Crippen LogP contribution in [0.1, 0.15) is 133 Å². The molecule has 2 amide bonds. The molecule has 4 saturated carbocycles. The highest BCUT2D eigenvalue weighted by Crippen LogP contribution is 2.68. The second kappa shape index (κ2) is 17.0. The topological polar surface area (TPSA) is 144 Å². The van der Waals surface area contributed by atoms with E-state index in [-0.39, 0.29) is 47.2 Å². The van der Waals surface area contributed by atoms with Crippen LogP contribution in [0.25, 0.3) is 0 Å². The average molecular weight is 760 g/mol. The van der Waals surface area contributed by atoms with E-state index >= 15 is 4.39 Å². The minimum Gasteiger partial charge on any atom is -0.444 e. The van der Waals surface area contributed by atoms with Crippen molar-refractivity contribution in [3.05, 3.63) is 0 Å². The largest absolute Gasteiger partial charge is 0.444 e. The molecule has 4 fully saturated rings. The Kier molecular flexibility index (Phi) is 14.1. The van der Waals surface area contributed by atoms with Gasteiger partial charge < -0.3 is 25.0 Å². The number of rotatable bonds is 14. The molecule has 0 bridgehead atoms. The van der Waals surface area contributed by atoms with Crippen LogP contribution in [0.15, 0.2) is 0 Å². The molecule has 4 rings (SSSR count). The van der Waals surface area contributed by atoms with Gasteiger partial charge in [-0.15, -0.1) is 0 Å². The van der Waals surface area contributed by atoms with Crippen LogP contribution in [0.3, 0.4) is 0 Å². The van der Waals surface area contributed by atoms with Gasteiger partial charge in [-0.3, -0.25) is 4.55 Å². The van der Waals surface area contributed by atoms with Crippen molar-refractivity contribution in [3.63, 3.8) is 0 Å². The van der Waals surface area contributed by atoms with Crippen LogP contribution >= 0.6 is 0 Å². The summed E-state index contributed by atoms with van der Waals surface area (Å²) >= 11 is 0. The molecular formula is C39H70FN3O8S. The maximum absolute atomic E-state index is 16.4. The van der Waals surface area contributed by atoms with E-state index in [0.29, 0.717) is 50.4 Å². The lowest BCUT2D eigenvalue weighted by atomic mass is 9.44. The molecule has 52 heavy (non-hydrogen) atoms. The summed E-state index contributed by atoms with van der Waals surface area (Å²) in [5.74, 6) is 1.20. The van der Waals surface area contributed by atoms with Gasteiger partial charge in [-0.25, -0.2) is 18.2 Å². The van der Waals surface area contributed by atoms with Gasteiger partial charge in [0.15, 0.2) is 0 Å². The number of alkyl carbamates (subject to hydrolysis) is 1. The first kappa shape index (κ1) is 43.0. The molecule has 11 nitrogen and oxygen atoms in total. The summed E-state index contributed by atoms with van der Waals surface area (Å²) in [6, 6.07) is 0.323. The van der Waals surface area contributed by atoms with Crippen LogP contribution in [-0.4, -0.2) is 86.3 Å². The minimum atomic E-state index is -4.48. The number of hydrogen-bond donors (Lipinski definition) is 3. The van der Waals surface area contributed by atoms with Crippen LogP contribution in [-0.2, 0) is 24.1 Å². The van der Waals surface area contributed by atoms with Gasteiger partial charge in [0.05, 0.1) is 6.61 Å². The zero-order valence-electron chi connectivity index (χ0n) is 33.5. The van der Waals surface area contributed by atoms with Crippen LogP contribution in [0.4, 0.5) is 14.0 Å². The predicted molar refractivity (Wildman–Crippen MR) is 200 cm³/mol. The number of alkyl halides is 1. The highest BCUT2D eigenvalue weighted by Gasteiger charge is 2.63. The highest BCUT2D eigenvalue weighted by molar-refractivity contribution is 7.80. The molecule has 0 aliphatic heterocycles. The minimum absolute atomic E-state index is 0.0377. The number of nitrogens with zero attached hydrogens (tertiary/aromatic N) is 1. The van der Waals surface area contributed by atoms with Gasteiger partial charge in [-0.2, -0.15) is 8.42 Å². The number of nitrogens with one attached hydrogen (secondary N) is 2. The molecule has 3 N–H and O–H groups in total. The quantitative estimate of drug-likeness (QED) is 0.119. The third kappa shape index (κ3) is 11.2. The van der Waals surface area contributed by atoms with Gasteiger partial charge in [0.2, 0.25) is 0 Å². The summed E-state index contributed by atoms with van der Waals surface area (Å²) < 4.78 is 63.8. The number of carbonyl (C=O) groups excluding carboxylic acids is 2. The van der Waals surface area contributed by atoms with Crippen molar-refractivity contribution < 1.29 is 40.6 Å². The van der Waals surface area contributed by atoms with Crippen LogP contribution < -0.4 is 10.6 Å². The fourth-order valence-corrected chi connectivity index (χ4v) is 11.2. The summed E-state index contributed by atoms with van der Waals surface area (Å²) in [5.41, 5.74) is -1.09. The molecule has 0 aromatic carbocycles. The molecule has 10 atom stereocenters. The van der Waals surface area contributed by atoms with Gasteiger partial charge in [-0.05, 0) is 165 Å². The maximum atomic E-state index is 16.4. The molecule has 0 spiro atoms. The lowest BCUT2D eigenvalue weighted by molar-refractivity contribution is -0.149. The van der Waals surface area contributed by atoms with E-state index in [9.17, 15) is 18.0 Å². The van der Waals surface area contributed by atoms with Crippen LogP contribution in [0, 0.1) is 46.3 Å².